The number of esters is 1. The van der Waals surface area contributed by atoms with Gasteiger partial charge in [0.15, 0.2) is 5.82 Å². The quantitative estimate of drug-likeness (QED) is 0.0668. The molecular formula is C32H33N3O2. The second-order valence-corrected chi connectivity index (χ2v) is 9.38. The van der Waals surface area contributed by atoms with Crippen LogP contribution in [0.15, 0.2) is 85.5 Å². The van der Waals surface area contributed by atoms with Crippen molar-refractivity contribution < 1.29 is 9.53 Å². The number of benzene rings is 4. The first-order chi connectivity index (χ1) is 18.2. The maximum Gasteiger partial charge on any atom is 0.335 e. The van der Waals surface area contributed by atoms with E-state index in [2.05, 4.69) is 72.1 Å². The van der Waals surface area contributed by atoms with Crippen molar-refractivity contribution in [2.24, 2.45) is 0 Å². The summed E-state index contributed by atoms with van der Waals surface area (Å²) in [6.07, 6.45) is 8.61. The van der Waals surface area contributed by atoms with E-state index in [0.717, 1.165) is 46.8 Å². The van der Waals surface area contributed by atoms with Gasteiger partial charge in [-0.25, -0.2) is 14.5 Å². The molecule has 0 bridgehead atoms. The number of aromatic nitrogens is 2. The van der Waals surface area contributed by atoms with Crippen molar-refractivity contribution in [2.45, 2.75) is 45.4 Å². The first-order valence-corrected chi connectivity index (χ1v) is 13.2. The summed E-state index contributed by atoms with van der Waals surface area (Å²) in [5, 5.41) is 4.71. The Labute approximate surface area is 217 Å². The van der Waals surface area contributed by atoms with Gasteiger partial charge in [0.05, 0.1) is 11.0 Å². The molecule has 0 aliphatic carbocycles. The van der Waals surface area contributed by atoms with Crippen LogP contribution in [0.5, 0.6) is 5.75 Å². The van der Waals surface area contributed by atoms with E-state index >= 15 is 0 Å². The molecule has 0 radical (unpaired) electrons. The van der Waals surface area contributed by atoms with Crippen LogP contribution in [0, 0.1) is 0 Å². The molecule has 37 heavy (non-hydrogen) atoms. The molecule has 0 atom stereocenters. The van der Waals surface area contributed by atoms with Gasteiger partial charge in [0, 0.05) is 29.0 Å². The van der Waals surface area contributed by atoms with Crippen molar-refractivity contribution >= 4 is 38.5 Å². The molecule has 0 aliphatic heterocycles. The molecule has 5 rings (SSSR count). The lowest BCUT2D eigenvalue weighted by Crippen LogP contribution is -2.17. The van der Waals surface area contributed by atoms with Crippen molar-refractivity contribution in [3.05, 3.63) is 85.5 Å². The molecule has 0 saturated heterocycles. The largest absolute Gasteiger partial charge is 0.423 e. The fourth-order valence-corrected chi connectivity index (χ4v) is 4.98. The second-order valence-electron chi connectivity index (χ2n) is 9.38. The fourth-order valence-electron chi connectivity index (χ4n) is 4.98. The zero-order valence-corrected chi connectivity index (χ0v) is 21.4. The molecule has 5 nitrogen and oxygen atoms in total. The number of imidazole rings is 1. The zero-order chi connectivity index (χ0) is 25.6. The number of rotatable bonds is 11. The number of unbranched alkanes of at least 4 members (excludes halogenated alkanes) is 5. The maximum atomic E-state index is 11.6. The van der Waals surface area contributed by atoms with Gasteiger partial charge in [-0.2, -0.15) is 0 Å². The minimum Gasteiger partial charge on any atom is -0.423 e. The van der Waals surface area contributed by atoms with E-state index in [9.17, 15) is 4.79 Å². The third-order valence-corrected chi connectivity index (χ3v) is 6.83. The predicted octanol–water partition coefficient (Wildman–Crippen LogP) is 8.01. The van der Waals surface area contributed by atoms with Crippen molar-refractivity contribution in [1.29, 1.82) is 0 Å². The Bertz CT molecular complexity index is 1550. The van der Waals surface area contributed by atoms with Gasteiger partial charge in [-0.05, 0) is 41.5 Å². The smallest absolute Gasteiger partial charge is 0.335 e. The van der Waals surface area contributed by atoms with Gasteiger partial charge in [0.25, 0.3) is 0 Å². The average Bonchev–Trinajstić information content (AvgIpc) is 3.33. The zero-order valence-electron chi connectivity index (χ0n) is 21.4. The topological polar surface area (TPSA) is 56.1 Å². The lowest BCUT2D eigenvalue weighted by molar-refractivity contribution is -0.128. The Balaban J connectivity index is 1.59. The molecule has 0 fully saturated rings. The van der Waals surface area contributed by atoms with Gasteiger partial charge in [-0.15, -0.1) is 0 Å². The average molecular weight is 492 g/mol. The van der Waals surface area contributed by atoms with Gasteiger partial charge in [-0.3, -0.25) is 0 Å². The lowest BCUT2D eigenvalue weighted by Gasteiger charge is -2.14. The molecular weight excluding hydrogens is 458 g/mol. The van der Waals surface area contributed by atoms with Crippen molar-refractivity contribution in [2.75, 3.05) is 12.0 Å². The summed E-state index contributed by atoms with van der Waals surface area (Å²) in [4.78, 5) is 16.8. The molecule has 1 aromatic heterocycles. The number of hydrogen-bond donors (Lipinski definition) is 1. The standard InChI is InChI=1S/C32H33N3O2/c1-3-5-6-7-8-13-22-33-35-31-28-17-12-10-15-26(28)25-14-9-11-16-27(25)30(31)34-32(35)23-18-20-24(21-19-23)37-29(36)4-2/h4,9-12,14-21,33H,2-3,5-8,13,22H2,1H3. The van der Waals surface area contributed by atoms with Gasteiger partial charge in [0.1, 0.15) is 5.75 Å². The molecule has 1 heterocycles. The molecule has 188 valence electrons. The van der Waals surface area contributed by atoms with Gasteiger partial charge in [0.2, 0.25) is 0 Å². The summed E-state index contributed by atoms with van der Waals surface area (Å²) in [5.74, 6) is 0.842. The molecule has 0 aliphatic rings. The van der Waals surface area contributed by atoms with Crippen LogP contribution in [0.25, 0.3) is 44.0 Å². The molecule has 0 saturated carbocycles. The molecule has 0 amide bonds. The first kappa shape index (κ1) is 24.6. The summed E-state index contributed by atoms with van der Waals surface area (Å²) in [7, 11) is 0. The van der Waals surface area contributed by atoms with E-state index in [0.29, 0.717) is 5.75 Å². The first-order valence-electron chi connectivity index (χ1n) is 13.2. The third-order valence-electron chi connectivity index (χ3n) is 6.83. The number of hydrogen-bond acceptors (Lipinski definition) is 4. The highest BCUT2D eigenvalue weighted by Crippen LogP contribution is 2.37. The maximum absolute atomic E-state index is 11.6. The molecule has 1 N–H and O–H groups in total. The van der Waals surface area contributed by atoms with Crippen LogP contribution in [0.2, 0.25) is 0 Å². The van der Waals surface area contributed by atoms with Gasteiger partial charge >= 0.3 is 5.97 Å². The number of fused-ring (bicyclic) bond motifs is 6. The van der Waals surface area contributed by atoms with Crippen molar-refractivity contribution in [3.8, 4) is 17.1 Å². The number of ether oxygens (including phenoxy) is 1. The Morgan fingerprint density at radius 3 is 2.19 bits per heavy atom. The van der Waals surface area contributed by atoms with Crippen LogP contribution in [0.1, 0.15) is 45.4 Å². The Morgan fingerprint density at radius 1 is 0.865 bits per heavy atom. The molecule has 5 aromatic rings. The van der Waals surface area contributed by atoms with Crippen molar-refractivity contribution in [3.63, 3.8) is 0 Å². The van der Waals surface area contributed by atoms with E-state index in [1.54, 1.807) is 12.1 Å². The summed E-state index contributed by atoms with van der Waals surface area (Å²) >= 11 is 0. The highest BCUT2D eigenvalue weighted by atomic mass is 16.5. The fraction of sp³-hybridized carbons (Fsp3) is 0.250. The summed E-state index contributed by atoms with van der Waals surface area (Å²) in [5.41, 5.74) is 6.69. The third kappa shape index (κ3) is 5.08. The van der Waals surface area contributed by atoms with Gasteiger partial charge in [-0.1, -0.05) is 94.1 Å². The van der Waals surface area contributed by atoms with E-state index in [1.165, 1.54) is 48.3 Å². The number of nitrogens with one attached hydrogen (secondary N) is 1. The molecule has 4 aromatic carbocycles. The van der Waals surface area contributed by atoms with Gasteiger partial charge < -0.3 is 10.2 Å². The van der Waals surface area contributed by atoms with E-state index in [1.807, 2.05) is 12.1 Å². The lowest BCUT2D eigenvalue weighted by atomic mass is 10.00. The summed E-state index contributed by atoms with van der Waals surface area (Å²) < 4.78 is 7.43. The molecule has 5 heteroatoms. The number of nitrogens with zero attached hydrogens (tertiary/aromatic N) is 2. The summed E-state index contributed by atoms with van der Waals surface area (Å²) in [6.45, 7) is 6.58. The van der Waals surface area contributed by atoms with Crippen LogP contribution in [0.4, 0.5) is 0 Å². The predicted molar refractivity (Wildman–Crippen MR) is 154 cm³/mol. The Hall–Kier alpha value is -4.12. The Morgan fingerprint density at radius 2 is 1.49 bits per heavy atom. The highest BCUT2D eigenvalue weighted by Gasteiger charge is 2.19. The Kier molecular flexibility index (Phi) is 7.50. The van der Waals surface area contributed by atoms with Crippen LogP contribution in [-0.4, -0.2) is 22.2 Å². The van der Waals surface area contributed by atoms with Crippen LogP contribution < -0.4 is 10.2 Å². The number of carbonyl (C=O) groups excluding carboxylic acids is 1. The highest BCUT2D eigenvalue weighted by molar-refractivity contribution is 6.23. The second kappa shape index (κ2) is 11.3. The van der Waals surface area contributed by atoms with Crippen molar-refractivity contribution in [1.82, 2.24) is 9.66 Å². The van der Waals surface area contributed by atoms with Crippen LogP contribution in [-0.2, 0) is 4.79 Å². The van der Waals surface area contributed by atoms with E-state index < -0.39 is 5.97 Å². The minimum absolute atomic E-state index is 0.474. The molecule has 0 spiro atoms. The van der Waals surface area contributed by atoms with Crippen LogP contribution >= 0.6 is 0 Å². The monoisotopic (exact) mass is 491 g/mol. The number of carbonyl (C=O) groups is 1. The van der Waals surface area contributed by atoms with Crippen LogP contribution in [0.3, 0.4) is 0 Å². The summed E-state index contributed by atoms with van der Waals surface area (Å²) in [6, 6.07) is 24.5. The SMILES string of the molecule is C=CC(=O)Oc1ccc(-c2nc3c4ccccc4c4ccccc4c3n2NCCCCCCCC)cc1. The molecule has 0 unspecified atom stereocenters. The normalized spacial score (nSPS) is 11.3. The van der Waals surface area contributed by atoms with E-state index in [4.69, 9.17) is 9.72 Å². The minimum atomic E-state index is -0.474. The van der Waals surface area contributed by atoms with E-state index in [-0.39, 0.29) is 0 Å².